The summed E-state index contributed by atoms with van der Waals surface area (Å²) >= 11 is 0. The first-order chi connectivity index (χ1) is 10.8. The van der Waals surface area contributed by atoms with Gasteiger partial charge in [0.25, 0.3) is 0 Å². The average Bonchev–Trinajstić information content (AvgIpc) is 2.56. The maximum Gasteiger partial charge on any atom is 0.146 e. The van der Waals surface area contributed by atoms with Gasteiger partial charge in [0.1, 0.15) is 5.82 Å². The Labute approximate surface area is 129 Å². The summed E-state index contributed by atoms with van der Waals surface area (Å²) in [6, 6.07) is 8.39. The maximum atomic E-state index is 13.7. The molecule has 4 nitrogen and oxygen atoms in total. The van der Waals surface area contributed by atoms with Crippen molar-refractivity contribution >= 4 is 0 Å². The van der Waals surface area contributed by atoms with Crippen molar-refractivity contribution in [1.29, 1.82) is 0 Å². The molecule has 2 aromatic rings. The largest absolute Gasteiger partial charge is 0.294 e. The van der Waals surface area contributed by atoms with Crippen LogP contribution in [0.3, 0.4) is 0 Å². The molecule has 5 rings (SSSR count). The number of nitrogens with zero attached hydrogens (tertiary/aromatic N) is 4. The van der Waals surface area contributed by atoms with Crippen LogP contribution >= 0.6 is 0 Å². The van der Waals surface area contributed by atoms with Crippen LogP contribution in [0.1, 0.15) is 17.7 Å². The third-order valence-electron chi connectivity index (χ3n) is 4.72. The van der Waals surface area contributed by atoms with Gasteiger partial charge in [-0.05, 0) is 30.2 Å². The lowest BCUT2D eigenvalue weighted by Gasteiger charge is -2.56. The molecule has 0 aromatic carbocycles. The van der Waals surface area contributed by atoms with E-state index in [0.29, 0.717) is 24.3 Å². The minimum absolute atomic E-state index is 0.200. The zero-order chi connectivity index (χ0) is 14.9. The monoisotopic (exact) mass is 298 g/mol. The quantitative estimate of drug-likeness (QED) is 0.865. The lowest BCUT2D eigenvalue weighted by Crippen LogP contribution is -2.67. The van der Waals surface area contributed by atoms with Crippen molar-refractivity contribution in [3.63, 3.8) is 0 Å². The minimum Gasteiger partial charge on any atom is -0.294 e. The Kier molecular flexibility index (Phi) is 3.60. The second kappa shape index (κ2) is 5.74. The summed E-state index contributed by atoms with van der Waals surface area (Å²) in [5, 5.41) is 0. The topological polar surface area (TPSA) is 32.3 Å². The van der Waals surface area contributed by atoms with Crippen molar-refractivity contribution < 1.29 is 4.39 Å². The van der Waals surface area contributed by atoms with Crippen LogP contribution in [0.15, 0.2) is 42.9 Å². The summed E-state index contributed by atoms with van der Waals surface area (Å²) in [6.45, 7) is 3.56. The summed E-state index contributed by atoms with van der Waals surface area (Å²) < 4.78 is 13.7. The van der Waals surface area contributed by atoms with Crippen LogP contribution in [0.2, 0.25) is 0 Å². The van der Waals surface area contributed by atoms with E-state index in [9.17, 15) is 4.39 Å². The standard InChI is InChI=1S/C17H19FN4/c18-16-4-2-6-20-17(16)12-21-10-14-7-15(11-21)22(14)9-13-3-1-5-19-8-13/h1-6,8,14-15H,7,9-12H2. The van der Waals surface area contributed by atoms with Gasteiger partial charge in [-0.3, -0.25) is 19.8 Å². The van der Waals surface area contributed by atoms with Crippen molar-refractivity contribution in [1.82, 2.24) is 19.8 Å². The number of aromatic nitrogens is 2. The fourth-order valence-electron chi connectivity index (χ4n) is 3.61. The number of piperidine rings is 1. The predicted molar refractivity (Wildman–Crippen MR) is 81.4 cm³/mol. The van der Waals surface area contributed by atoms with E-state index >= 15 is 0 Å². The second-order valence-corrected chi connectivity index (χ2v) is 6.20. The van der Waals surface area contributed by atoms with E-state index in [-0.39, 0.29) is 5.82 Å². The first kappa shape index (κ1) is 13.8. The molecule has 3 fully saturated rings. The Morgan fingerprint density at radius 2 is 1.91 bits per heavy atom. The van der Waals surface area contributed by atoms with Crippen molar-refractivity contribution in [2.75, 3.05) is 13.1 Å². The molecule has 0 saturated carbocycles. The van der Waals surface area contributed by atoms with E-state index in [2.05, 4.69) is 25.8 Å². The van der Waals surface area contributed by atoms with E-state index in [4.69, 9.17) is 0 Å². The number of pyridine rings is 2. The number of halogens is 1. The van der Waals surface area contributed by atoms with Crippen LogP contribution in [0, 0.1) is 5.82 Å². The molecule has 0 amide bonds. The highest BCUT2D eigenvalue weighted by molar-refractivity contribution is 5.13. The molecule has 0 radical (unpaired) electrons. The van der Waals surface area contributed by atoms with E-state index in [1.54, 1.807) is 12.3 Å². The van der Waals surface area contributed by atoms with Crippen molar-refractivity contribution in [2.45, 2.75) is 31.6 Å². The summed E-state index contributed by atoms with van der Waals surface area (Å²) in [5.41, 5.74) is 1.82. The molecule has 2 bridgehead atoms. The van der Waals surface area contributed by atoms with Gasteiger partial charge in [0.15, 0.2) is 0 Å². The Hall–Kier alpha value is -1.85. The highest BCUT2D eigenvalue weighted by Crippen LogP contribution is 2.34. The Balaban J connectivity index is 1.37. The van der Waals surface area contributed by atoms with E-state index in [0.717, 1.165) is 19.6 Å². The van der Waals surface area contributed by atoms with Gasteiger partial charge in [-0.1, -0.05) is 6.07 Å². The van der Waals surface area contributed by atoms with Gasteiger partial charge in [-0.2, -0.15) is 0 Å². The molecule has 5 heterocycles. The van der Waals surface area contributed by atoms with Gasteiger partial charge in [0, 0.05) is 56.9 Å². The SMILES string of the molecule is Fc1cccnc1CN1CC2CC(C1)N2Cc1cccnc1. The fraction of sp³-hybridized carbons (Fsp3) is 0.412. The molecule has 3 aliphatic heterocycles. The predicted octanol–water partition coefficient (Wildman–Crippen LogP) is 2.07. The first-order valence-electron chi connectivity index (χ1n) is 7.76. The molecule has 0 N–H and O–H groups in total. The van der Waals surface area contributed by atoms with Crippen LogP contribution in [-0.2, 0) is 13.1 Å². The molecule has 3 saturated heterocycles. The van der Waals surface area contributed by atoms with Gasteiger partial charge in [0.2, 0.25) is 0 Å². The second-order valence-electron chi connectivity index (χ2n) is 6.20. The van der Waals surface area contributed by atoms with Crippen LogP contribution in [0.25, 0.3) is 0 Å². The summed E-state index contributed by atoms with van der Waals surface area (Å²) in [4.78, 5) is 13.2. The molecule has 2 unspecified atom stereocenters. The Morgan fingerprint density at radius 3 is 2.64 bits per heavy atom. The zero-order valence-corrected chi connectivity index (χ0v) is 12.4. The normalized spacial score (nSPS) is 25.0. The van der Waals surface area contributed by atoms with Gasteiger partial charge in [0.05, 0.1) is 5.69 Å². The molecule has 22 heavy (non-hydrogen) atoms. The minimum atomic E-state index is -0.200. The van der Waals surface area contributed by atoms with Gasteiger partial charge in [-0.15, -0.1) is 0 Å². The first-order valence-corrected chi connectivity index (χ1v) is 7.76. The number of piperazine rings is 1. The smallest absolute Gasteiger partial charge is 0.146 e. The highest BCUT2D eigenvalue weighted by Gasteiger charge is 2.44. The number of hydrogen-bond donors (Lipinski definition) is 0. The average molecular weight is 298 g/mol. The zero-order valence-electron chi connectivity index (χ0n) is 12.4. The Morgan fingerprint density at radius 1 is 1.09 bits per heavy atom. The molecule has 2 atom stereocenters. The van der Waals surface area contributed by atoms with Gasteiger partial charge >= 0.3 is 0 Å². The summed E-state index contributed by atoms with van der Waals surface area (Å²) in [5.74, 6) is -0.200. The third kappa shape index (κ3) is 2.62. The molecule has 0 spiro atoms. The van der Waals surface area contributed by atoms with Crippen LogP contribution in [0.4, 0.5) is 4.39 Å². The lowest BCUT2D eigenvalue weighted by atomic mass is 9.87. The Bertz CT molecular complexity index is 636. The van der Waals surface area contributed by atoms with Gasteiger partial charge < -0.3 is 0 Å². The molecular formula is C17H19FN4. The molecule has 5 heteroatoms. The van der Waals surface area contributed by atoms with Gasteiger partial charge in [-0.25, -0.2) is 4.39 Å². The molecule has 0 aliphatic carbocycles. The third-order valence-corrected chi connectivity index (χ3v) is 4.72. The summed E-state index contributed by atoms with van der Waals surface area (Å²) in [7, 11) is 0. The summed E-state index contributed by atoms with van der Waals surface area (Å²) in [6.07, 6.45) is 6.66. The maximum absolute atomic E-state index is 13.7. The van der Waals surface area contributed by atoms with Crippen molar-refractivity contribution in [3.8, 4) is 0 Å². The van der Waals surface area contributed by atoms with E-state index in [1.807, 2.05) is 18.5 Å². The van der Waals surface area contributed by atoms with Crippen LogP contribution in [-0.4, -0.2) is 44.9 Å². The molecular weight excluding hydrogens is 279 g/mol. The lowest BCUT2D eigenvalue weighted by molar-refractivity contribution is -0.0780. The molecule has 3 aliphatic rings. The number of hydrogen-bond acceptors (Lipinski definition) is 4. The molecule has 2 aromatic heterocycles. The number of rotatable bonds is 4. The highest BCUT2D eigenvalue weighted by atomic mass is 19.1. The van der Waals surface area contributed by atoms with Crippen molar-refractivity contribution in [2.24, 2.45) is 0 Å². The van der Waals surface area contributed by atoms with E-state index < -0.39 is 0 Å². The molecule has 114 valence electrons. The van der Waals surface area contributed by atoms with Crippen LogP contribution < -0.4 is 0 Å². The van der Waals surface area contributed by atoms with E-state index in [1.165, 1.54) is 18.1 Å². The number of fused-ring (bicyclic) bond motifs is 2. The fourth-order valence-corrected chi connectivity index (χ4v) is 3.61. The van der Waals surface area contributed by atoms with Crippen LogP contribution in [0.5, 0.6) is 0 Å². The van der Waals surface area contributed by atoms with Crippen molar-refractivity contribution in [3.05, 3.63) is 59.9 Å².